The van der Waals surface area contributed by atoms with Crippen LogP contribution in [0.25, 0.3) is 22.0 Å². The molecule has 5 rings (SSSR count). The van der Waals surface area contributed by atoms with E-state index >= 15 is 0 Å². The van der Waals surface area contributed by atoms with E-state index in [1.807, 2.05) is 72.6 Å². The first-order valence-corrected chi connectivity index (χ1v) is 11.3. The quantitative estimate of drug-likeness (QED) is 0.476. The molecule has 6 nitrogen and oxygen atoms in total. The van der Waals surface area contributed by atoms with E-state index in [4.69, 9.17) is 11.6 Å². The maximum absolute atomic E-state index is 13.1. The SMILES string of the molecule is C[C@H]1CN(C(=O)c2ccc(-c3ccccc3Cl)cn2)CCN1C(=O)c1ccc2cc[nH]c2c1. The lowest BCUT2D eigenvalue weighted by Crippen LogP contribution is -2.55. The molecule has 0 aliphatic carbocycles. The molecule has 2 aromatic carbocycles. The van der Waals surface area contributed by atoms with E-state index < -0.39 is 0 Å². The third-order valence-electron chi connectivity index (χ3n) is 6.14. The van der Waals surface area contributed by atoms with Crippen LogP contribution in [-0.2, 0) is 0 Å². The van der Waals surface area contributed by atoms with Crippen LogP contribution in [0.15, 0.2) is 73.1 Å². The van der Waals surface area contributed by atoms with Crippen molar-refractivity contribution in [1.82, 2.24) is 19.8 Å². The van der Waals surface area contributed by atoms with Gasteiger partial charge in [-0.3, -0.25) is 14.6 Å². The first-order valence-electron chi connectivity index (χ1n) is 10.9. The number of rotatable bonds is 3. The Morgan fingerprint density at radius 3 is 2.64 bits per heavy atom. The minimum absolute atomic E-state index is 0.0201. The van der Waals surface area contributed by atoms with E-state index in [2.05, 4.69) is 9.97 Å². The van der Waals surface area contributed by atoms with Crippen molar-refractivity contribution in [3.05, 3.63) is 89.3 Å². The summed E-state index contributed by atoms with van der Waals surface area (Å²) in [6.07, 6.45) is 3.54. The Hall–Kier alpha value is -3.64. The highest BCUT2D eigenvalue weighted by molar-refractivity contribution is 6.33. The summed E-state index contributed by atoms with van der Waals surface area (Å²) in [6.45, 7) is 3.38. The number of H-pyrrole nitrogens is 1. The van der Waals surface area contributed by atoms with Crippen molar-refractivity contribution in [2.45, 2.75) is 13.0 Å². The summed E-state index contributed by atoms with van der Waals surface area (Å²) in [5, 5.41) is 1.71. The van der Waals surface area contributed by atoms with Crippen molar-refractivity contribution in [1.29, 1.82) is 0 Å². The van der Waals surface area contributed by atoms with Crippen LogP contribution in [0.4, 0.5) is 0 Å². The molecule has 0 saturated carbocycles. The van der Waals surface area contributed by atoms with Gasteiger partial charge in [0.2, 0.25) is 0 Å². The Morgan fingerprint density at radius 2 is 1.88 bits per heavy atom. The molecule has 1 atom stereocenters. The van der Waals surface area contributed by atoms with Gasteiger partial charge in [-0.05, 0) is 42.6 Å². The number of nitrogens with zero attached hydrogens (tertiary/aromatic N) is 3. The maximum Gasteiger partial charge on any atom is 0.272 e. The number of nitrogens with one attached hydrogen (secondary N) is 1. The first-order chi connectivity index (χ1) is 16.0. The van der Waals surface area contributed by atoms with Crippen LogP contribution in [0.3, 0.4) is 0 Å². The summed E-state index contributed by atoms with van der Waals surface area (Å²) in [6, 6.07) is 18.7. The fourth-order valence-corrected chi connectivity index (χ4v) is 4.57. The Kier molecular flexibility index (Phi) is 5.60. The number of aromatic nitrogens is 2. The van der Waals surface area contributed by atoms with Gasteiger partial charge in [0, 0.05) is 65.3 Å². The Morgan fingerprint density at radius 1 is 1.03 bits per heavy atom. The molecular formula is C26H23ClN4O2. The second-order valence-corrected chi connectivity index (χ2v) is 8.70. The third kappa shape index (κ3) is 4.10. The Bertz CT molecular complexity index is 1330. The minimum atomic E-state index is -0.132. The molecule has 0 radical (unpaired) electrons. The average molecular weight is 459 g/mol. The molecule has 1 aliphatic heterocycles. The second kappa shape index (κ2) is 8.71. The number of halogens is 1. The molecule has 1 fully saturated rings. The minimum Gasteiger partial charge on any atom is -0.361 e. The fourth-order valence-electron chi connectivity index (χ4n) is 4.33. The fraction of sp³-hybridized carbons (Fsp3) is 0.192. The predicted octanol–water partition coefficient (Wildman–Crippen LogP) is 4.87. The van der Waals surface area contributed by atoms with Gasteiger partial charge in [0.1, 0.15) is 5.69 Å². The predicted molar refractivity (Wildman–Crippen MR) is 129 cm³/mol. The zero-order valence-electron chi connectivity index (χ0n) is 18.2. The molecule has 0 spiro atoms. The highest BCUT2D eigenvalue weighted by Crippen LogP contribution is 2.27. The van der Waals surface area contributed by atoms with Gasteiger partial charge >= 0.3 is 0 Å². The van der Waals surface area contributed by atoms with Crippen LogP contribution >= 0.6 is 11.6 Å². The molecule has 1 aliphatic rings. The van der Waals surface area contributed by atoms with Crippen molar-refractivity contribution < 1.29 is 9.59 Å². The molecule has 0 unspecified atom stereocenters. The van der Waals surface area contributed by atoms with Crippen LogP contribution in [-0.4, -0.2) is 57.3 Å². The maximum atomic E-state index is 13.1. The third-order valence-corrected chi connectivity index (χ3v) is 6.47. The van der Waals surface area contributed by atoms with Gasteiger partial charge < -0.3 is 14.8 Å². The normalized spacial score (nSPS) is 16.2. The molecular weight excluding hydrogens is 436 g/mol. The van der Waals surface area contributed by atoms with Crippen molar-refractivity contribution >= 4 is 34.3 Å². The molecule has 1 saturated heterocycles. The van der Waals surface area contributed by atoms with E-state index in [0.29, 0.717) is 35.9 Å². The van der Waals surface area contributed by atoms with E-state index in [-0.39, 0.29) is 17.9 Å². The average Bonchev–Trinajstić information content (AvgIpc) is 3.31. The Balaban J connectivity index is 1.27. The number of hydrogen-bond donors (Lipinski definition) is 1. The number of amides is 2. The molecule has 1 N–H and O–H groups in total. The van der Waals surface area contributed by atoms with Crippen LogP contribution in [0, 0.1) is 0 Å². The standard InChI is InChI=1S/C26H23ClN4O2/c1-17-16-30(12-13-31(17)25(32)19-7-6-18-10-11-28-24(18)14-19)26(33)23-9-8-20(15-29-23)21-4-2-3-5-22(21)27/h2-11,14-15,17,28H,12-13,16H2,1H3/t17-/m0/s1. The first kappa shape index (κ1) is 21.2. The summed E-state index contributed by atoms with van der Waals surface area (Å²) >= 11 is 6.27. The highest BCUT2D eigenvalue weighted by Gasteiger charge is 2.31. The number of piperazine rings is 1. The second-order valence-electron chi connectivity index (χ2n) is 8.29. The molecule has 0 bridgehead atoms. The smallest absolute Gasteiger partial charge is 0.272 e. The van der Waals surface area contributed by atoms with Crippen molar-refractivity contribution in [2.24, 2.45) is 0 Å². The lowest BCUT2D eigenvalue weighted by molar-refractivity contribution is 0.0411. The Labute approximate surface area is 196 Å². The number of carbonyl (C=O) groups is 2. The molecule has 7 heteroatoms. The van der Waals surface area contributed by atoms with E-state index in [1.165, 1.54) is 0 Å². The van der Waals surface area contributed by atoms with Gasteiger partial charge in [0.15, 0.2) is 0 Å². The summed E-state index contributed by atoms with van der Waals surface area (Å²) in [4.78, 5) is 37.3. The van der Waals surface area contributed by atoms with Gasteiger partial charge in [-0.1, -0.05) is 41.9 Å². The lowest BCUT2D eigenvalue weighted by Gasteiger charge is -2.39. The number of fused-ring (bicyclic) bond motifs is 1. The highest BCUT2D eigenvalue weighted by atomic mass is 35.5. The van der Waals surface area contributed by atoms with Crippen LogP contribution in [0.5, 0.6) is 0 Å². The summed E-state index contributed by atoms with van der Waals surface area (Å²) in [7, 11) is 0. The molecule has 33 heavy (non-hydrogen) atoms. The molecule has 2 aromatic heterocycles. The number of pyridine rings is 1. The largest absolute Gasteiger partial charge is 0.361 e. The van der Waals surface area contributed by atoms with Crippen molar-refractivity contribution in [2.75, 3.05) is 19.6 Å². The molecule has 166 valence electrons. The van der Waals surface area contributed by atoms with E-state index in [1.54, 1.807) is 17.2 Å². The summed E-state index contributed by atoms with van der Waals surface area (Å²) in [5.41, 5.74) is 3.71. The van der Waals surface area contributed by atoms with Gasteiger partial charge in [-0.25, -0.2) is 0 Å². The zero-order chi connectivity index (χ0) is 22.9. The van der Waals surface area contributed by atoms with Gasteiger partial charge in [-0.2, -0.15) is 0 Å². The number of benzene rings is 2. The molecule has 3 heterocycles. The molecule has 2 amide bonds. The summed E-state index contributed by atoms with van der Waals surface area (Å²) < 4.78 is 0. The number of hydrogen-bond acceptors (Lipinski definition) is 3. The van der Waals surface area contributed by atoms with Crippen molar-refractivity contribution in [3.8, 4) is 11.1 Å². The van der Waals surface area contributed by atoms with E-state index in [9.17, 15) is 9.59 Å². The number of carbonyl (C=O) groups excluding carboxylic acids is 2. The monoisotopic (exact) mass is 458 g/mol. The number of aromatic amines is 1. The van der Waals surface area contributed by atoms with E-state index in [0.717, 1.165) is 22.0 Å². The van der Waals surface area contributed by atoms with Crippen LogP contribution in [0.2, 0.25) is 5.02 Å². The zero-order valence-corrected chi connectivity index (χ0v) is 18.9. The van der Waals surface area contributed by atoms with Crippen molar-refractivity contribution in [3.63, 3.8) is 0 Å². The van der Waals surface area contributed by atoms with Gasteiger partial charge in [0.25, 0.3) is 11.8 Å². The lowest BCUT2D eigenvalue weighted by atomic mass is 10.1. The van der Waals surface area contributed by atoms with Crippen LogP contribution in [0.1, 0.15) is 27.8 Å². The van der Waals surface area contributed by atoms with Gasteiger partial charge in [0.05, 0.1) is 0 Å². The topological polar surface area (TPSA) is 69.3 Å². The van der Waals surface area contributed by atoms with Crippen LogP contribution < -0.4 is 0 Å². The molecule has 4 aromatic rings. The summed E-state index contributed by atoms with van der Waals surface area (Å²) in [5.74, 6) is -0.152. The van der Waals surface area contributed by atoms with Gasteiger partial charge in [-0.15, -0.1) is 0 Å².